The van der Waals surface area contributed by atoms with Crippen LogP contribution in [0, 0.1) is 0 Å². The normalized spacial score (nSPS) is 17.6. The van der Waals surface area contributed by atoms with E-state index in [4.69, 9.17) is 27.9 Å². The first-order chi connectivity index (χ1) is 7.77. The van der Waals surface area contributed by atoms with Crippen molar-refractivity contribution in [3.05, 3.63) is 33.8 Å². The maximum absolute atomic E-state index is 6.07. The van der Waals surface area contributed by atoms with E-state index in [2.05, 4.69) is 5.32 Å². The van der Waals surface area contributed by atoms with Gasteiger partial charge in [0.2, 0.25) is 0 Å². The van der Waals surface area contributed by atoms with Crippen molar-refractivity contribution in [3.63, 3.8) is 0 Å². The number of ether oxygens (including phenoxy) is 1. The highest BCUT2D eigenvalue weighted by Gasteiger charge is 2.14. The monoisotopic (exact) mass is 259 g/mol. The smallest absolute Gasteiger partial charge is 0.0749 e. The van der Waals surface area contributed by atoms with Gasteiger partial charge < -0.3 is 10.1 Å². The minimum absolute atomic E-state index is 0.327. The molecule has 1 aliphatic heterocycles. The number of hydrogen-bond donors (Lipinski definition) is 1. The second-order valence-electron chi connectivity index (χ2n) is 3.96. The van der Waals surface area contributed by atoms with Crippen LogP contribution in [0.15, 0.2) is 18.2 Å². The van der Waals surface area contributed by atoms with Gasteiger partial charge in [-0.3, -0.25) is 0 Å². The summed E-state index contributed by atoms with van der Waals surface area (Å²) >= 11 is 12.1. The number of halogens is 2. The minimum Gasteiger partial charge on any atom is -0.373 e. The van der Waals surface area contributed by atoms with Crippen molar-refractivity contribution in [2.75, 3.05) is 13.1 Å². The summed E-state index contributed by atoms with van der Waals surface area (Å²) in [5.74, 6) is 0. The summed E-state index contributed by atoms with van der Waals surface area (Å²) in [7, 11) is 0. The van der Waals surface area contributed by atoms with E-state index in [9.17, 15) is 0 Å². The quantitative estimate of drug-likeness (QED) is 0.900. The van der Waals surface area contributed by atoms with Gasteiger partial charge in [-0.2, -0.15) is 0 Å². The van der Waals surface area contributed by atoms with E-state index in [0.29, 0.717) is 22.8 Å². The van der Waals surface area contributed by atoms with Crippen LogP contribution >= 0.6 is 23.2 Å². The predicted molar refractivity (Wildman–Crippen MR) is 67.1 cm³/mol. The lowest BCUT2D eigenvalue weighted by molar-refractivity contribution is 0.0213. The van der Waals surface area contributed by atoms with Gasteiger partial charge in [-0.25, -0.2) is 0 Å². The average molecular weight is 260 g/mol. The van der Waals surface area contributed by atoms with E-state index in [1.165, 1.54) is 0 Å². The van der Waals surface area contributed by atoms with Crippen LogP contribution < -0.4 is 5.32 Å². The van der Waals surface area contributed by atoms with Crippen molar-refractivity contribution in [2.24, 2.45) is 0 Å². The third-order valence-corrected chi connectivity index (χ3v) is 3.52. The molecular weight excluding hydrogens is 245 g/mol. The summed E-state index contributed by atoms with van der Waals surface area (Å²) in [6.45, 7) is 2.56. The van der Waals surface area contributed by atoms with Gasteiger partial charge in [0, 0.05) is 15.6 Å². The van der Waals surface area contributed by atoms with Crippen LogP contribution in [-0.4, -0.2) is 19.2 Å². The standard InChI is InChI=1S/C12H15Cl2NO/c13-11-2-1-3-12(14)10(11)8-16-9-4-6-15-7-5-9/h1-3,9,15H,4-8H2. The van der Waals surface area contributed by atoms with Crippen molar-refractivity contribution < 1.29 is 4.74 Å². The first kappa shape index (κ1) is 12.2. The van der Waals surface area contributed by atoms with E-state index >= 15 is 0 Å². The number of hydrogen-bond acceptors (Lipinski definition) is 2. The number of benzene rings is 1. The van der Waals surface area contributed by atoms with Crippen LogP contribution in [0.4, 0.5) is 0 Å². The van der Waals surface area contributed by atoms with E-state index in [-0.39, 0.29) is 0 Å². The summed E-state index contributed by atoms with van der Waals surface area (Å²) in [5, 5.41) is 4.67. The predicted octanol–water partition coefficient (Wildman–Crippen LogP) is 3.26. The Kier molecular flexibility index (Phi) is 4.47. The zero-order valence-corrected chi connectivity index (χ0v) is 10.5. The van der Waals surface area contributed by atoms with Crippen molar-refractivity contribution in [1.29, 1.82) is 0 Å². The second kappa shape index (κ2) is 5.87. The Bertz CT molecular complexity index is 331. The zero-order chi connectivity index (χ0) is 11.4. The lowest BCUT2D eigenvalue weighted by atomic mass is 10.1. The molecular formula is C12H15Cl2NO. The summed E-state index contributed by atoms with van der Waals surface area (Å²) < 4.78 is 5.82. The van der Waals surface area contributed by atoms with E-state index in [1.54, 1.807) is 0 Å². The number of nitrogens with one attached hydrogen (secondary N) is 1. The Labute approximate surface area is 106 Å². The van der Waals surface area contributed by atoms with Gasteiger partial charge in [-0.15, -0.1) is 0 Å². The summed E-state index contributed by atoms with van der Waals surface area (Å²) in [6, 6.07) is 5.53. The second-order valence-corrected chi connectivity index (χ2v) is 4.77. The van der Waals surface area contributed by atoms with Crippen molar-refractivity contribution in [2.45, 2.75) is 25.6 Å². The Hall–Kier alpha value is -0.280. The molecule has 1 heterocycles. The highest BCUT2D eigenvalue weighted by Crippen LogP contribution is 2.25. The molecule has 0 atom stereocenters. The third-order valence-electron chi connectivity index (χ3n) is 2.81. The Balaban J connectivity index is 1.93. The fourth-order valence-corrected chi connectivity index (χ4v) is 2.34. The molecule has 0 bridgehead atoms. The minimum atomic E-state index is 0.327. The fourth-order valence-electron chi connectivity index (χ4n) is 1.83. The molecule has 0 aliphatic carbocycles. The van der Waals surface area contributed by atoms with Gasteiger partial charge in [0.05, 0.1) is 12.7 Å². The molecule has 0 radical (unpaired) electrons. The molecule has 0 amide bonds. The Morgan fingerprint density at radius 1 is 1.19 bits per heavy atom. The van der Waals surface area contributed by atoms with Crippen molar-refractivity contribution >= 4 is 23.2 Å². The van der Waals surface area contributed by atoms with Gasteiger partial charge in [0.1, 0.15) is 0 Å². The van der Waals surface area contributed by atoms with Gasteiger partial charge in [-0.1, -0.05) is 29.3 Å². The molecule has 4 heteroatoms. The third kappa shape index (κ3) is 3.11. The van der Waals surface area contributed by atoms with Gasteiger partial charge in [-0.05, 0) is 38.1 Å². The van der Waals surface area contributed by atoms with E-state index in [0.717, 1.165) is 31.5 Å². The molecule has 88 valence electrons. The van der Waals surface area contributed by atoms with Crippen molar-refractivity contribution in [1.82, 2.24) is 5.32 Å². The van der Waals surface area contributed by atoms with Gasteiger partial charge >= 0.3 is 0 Å². The number of rotatable bonds is 3. The summed E-state index contributed by atoms with van der Waals surface area (Å²) in [4.78, 5) is 0. The number of piperidine rings is 1. The zero-order valence-electron chi connectivity index (χ0n) is 9.01. The average Bonchev–Trinajstić information content (AvgIpc) is 2.30. The largest absolute Gasteiger partial charge is 0.373 e. The van der Waals surface area contributed by atoms with Crippen LogP contribution in [0.3, 0.4) is 0 Å². The van der Waals surface area contributed by atoms with Crippen LogP contribution in [0.5, 0.6) is 0 Å². The molecule has 0 spiro atoms. The summed E-state index contributed by atoms with van der Waals surface area (Å²) in [5.41, 5.74) is 0.893. The lowest BCUT2D eigenvalue weighted by Gasteiger charge is -2.23. The molecule has 0 saturated carbocycles. The molecule has 0 unspecified atom stereocenters. The van der Waals surface area contributed by atoms with E-state index < -0.39 is 0 Å². The van der Waals surface area contributed by atoms with Gasteiger partial charge in [0.25, 0.3) is 0 Å². The summed E-state index contributed by atoms with van der Waals surface area (Å²) in [6.07, 6.45) is 2.44. The molecule has 16 heavy (non-hydrogen) atoms. The van der Waals surface area contributed by atoms with Crippen LogP contribution in [0.25, 0.3) is 0 Å². The molecule has 2 nitrogen and oxygen atoms in total. The van der Waals surface area contributed by atoms with Gasteiger partial charge in [0.15, 0.2) is 0 Å². The van der Waals surface area contributed by atoms with Crippen LogP contribution in [-0.2, 0) is 11.3 Å². The first-order valence-electron chi connectivity index (χ1n) is 5.52. The topological polar surface area (TPSA) is 21.3 Å². The molecule has 2 rings (SSSR count). The molecule has 1 aromatic carbocycles. The molecule has 1 aromatic rings. The maximum Gasteiger partial charge on any atom is 0.0749 e. The SMILES string of the molecule is Clc1cccc(Cl)c1COC1CCNCC1. The van der Waals surface area contributed by atoms with Crippen LogP contribution in [0.2, 0.25) is 10.0 Å². The van der Waals surface area contributed by atoms with Crippen LogP contribution in [0.1, 0.15) is 18.4 Å². The molecule has 1 saturated heterocycles. The van der Waals surface area contributed by atoms with Crippen molar-refractivity contribution in [3.8, 4) is 0 Å². The maximum atomic E-state index is 6.07. The highest BCUT2D eigenvalue weighted by molar-refractivity contribution is 6.35. The Morgan fingerprint density at radius 3 is 2.44 bits per heavy atom. The fraction of sp³-hybridized carbons (Fsp3) is 0.500. The molecule has 1 aliphatic rings. The Morgan fingerprint density at radius 2 is 1.81 bits per heavy atom. The molecule has 1 fully saturated rings. The first-order valence-corrected chi connectivity index (χ1v) is 6.28. The lowest BCUT2D eigenvalue weighted by Crippen LogP contribution is -2.32. The van der Waals surface area contributed by atoms with E-state index in [1.807, 2.05) is 18.2 Å². The molecule has 1 N–H and O–H groups in total. The highest BCUT2D eigenvalue weighted by atomic mass is 35.5. The molecule has 0 aromatic heterocycles.